The molecule has 1 fully saturated rings. The lowest BCUT2D eigenvalue weighted by Gasteiger charge is -2.28. The Labute approximate surface area is 108 Å². The molecule has 2 atom stereocenters. The SMILES string of the molecule is O=C(N[C@H]1COCC[C@@H]1O)c1ccc2nnnn2c1. The third-order valence-electron chi connectivity index (χ3n) is 3.09. The Morgan fingerprint density at radius 3 is 3.26 bits per heavy atom. The molecule has 0 aliphatic carbocycles. The van der Waals surface area contributed by atoms with Crippen molar-refractivity contribution in [1.29, 1.82) is 0 Å². The van der Waals surface area contributed by atoms with Gasteiger partial charge in [-0.1, -0.05) is 0 Å². The number of aliphatic hydroxyl groups excluding tert-OH is 1. The summed E-state index contributed by atoms with van der Waals surface area (Å²) >= 11 is 0. The lowest BCUT2D eigenvalue weighted by molar-refractivity contribution is -0.0140. The number of fused-ring (bicyclic) bond motifs is 1. The van der Waals surface area contributed by atoms with Crippen LogP contribution in [0.3, 0.4) is 0 Å². The van der Waals surface area contributed by atoms with Gasteiger partial charge in [-0.25, -0.2) is 0 Å². The molecule has 0 radical (unpaired) electrons. The molecule has 1 aliphatic heterocycles. The average Bonchev–Trinajstić information content (AvgIpc) is 2.88. The van der Waals surface area contributed by atoms with Crippen LogP contribution in [0.1, 0.15) is 16.8 Å². The fourth-order valence-electron chi connectivity index (χ4n) is 1.99. The molecule has 3 rings (SSSR count). The number of carbonyl (C=O) groups excluding carboxylic acids is 1. The van der Waals surface area contributed by atoms with E-state index in [9.17, 15) is 9.90 Å². The Kier molecular flexibility index (Phi) is 3.10. The summed E-state index contributed by atoms with van der Waals surface area (Å²) in [5, 5.41) is 23.5. The van der Waals surface area contributed by atoms with Crippen molar-refractivity contribution < 1.29 is 14.6 Å². The first-order valence-electron chi connectivity index (χ1n) is 5.98. The number of aromatic nitrogens is 4. The summed E-state index contributed by atoms with van der Waals surface area (Å²) in [6.45, 7) is 0.837. The van der Waals surface area contributed by atoms with Crippen LogP contribution in [0, 0.1) is 0 Å². The number of nitrogens with zero attached hydrogens (tertiary/aromatic N) is 4. The van der Waals surface area contributed by atoms with E-state index >= 15 is 0 Å². The van der Waals surface area contributed by atoms with Crippen LogP contribution >= 0.6 is 0 Å². The summed E-state index contributed by atoms with van der Waals surface area (Å²) in [4.78, 5) is 12.1. The van der Waals surface area contributed by atoms with Gasteiger partial charge in [-0.3, -0.25) is 4.79 Å². The first-order valence-corrected chi connectivity index (χ1v) is 5.98. The Hall–Kier alpha value is -2.06. The van der Waals surface area contributed by atoms with Gasteiger partial charge in [0.25, 0.3) is 5.91 Å². The molecule has 2 aromatic heterocycles. The summed E-state index contributed by atoms with van der Waals surface area (Å²) in [6, 6.07) is 2.91. The smallest absolute Gasteiger partial charge is 0.253 e. The monoisotopic (exact) mass is 263 g/mol. The second-order valence-electron chi connectivity index (χ2n) is 4.41. The Morgan fingerprint density at radius 1 is 1.53 bits per heavy atom. The van der Waals surface area contributed by atoms with Crippen LogP contribution in [0.5, 0.6) is 0 Å². The number of rotatable bonds is 2. The molecule has 0 spiro atoms. The summed E-state index contributed by atoms with van der Waals surface area (Å²) in [6.07, 6.45) is 1.49. The van der Waals surface area contributed by atoms with Crippen molar-refractivity contribution in [3.63, 3.8) is 0 Å². The highest BCUT2D eigenvalue weighted by Crippen LogP contribution is 2.09. The van der Waals surface area contributed by atoms with Gasteiger partial charge in [0.2, 0.25) is 0 Å². The first-order chi connectivity index (χ1) is 9.24. The minimum absolute atomic E-state index is 0.285. The molecule has 3 heterocycles. The lowest BCUT2D eigenvalue weighted by atomic mass is 10.1. The van der Waals surface area contributed by atoms with E-state index in [1.807, 2.05) is 0 Å². The normalized spacial score (nSPS) is 23.4. The van der Waals surface area contributed by atoms with Crippen LogP contribution < -0.4 is 5.32 Å². The number of amides is 1. The standard InChI is InChI=1S/C11H13N5O3/c17-9-3-4-19-6-8(9)12-11(18)7-1-2-10-13-14-15-16(10)5-7/h1-2,5,8-9,17H,3-4,6H2,(H,12,18)/t8-,9-/m0/s1. The highest BCUT2D eigenvalue weighted by atomic mass is 16.5. The lowest BCUT2D eigenvalue weighted by Crippen LogP contribution is -2.49. The number of aliphatic hydroxyl groups is 1. The van der Waals surface area contributed by atoms with Crippen molar-refractivity contribution in [2.45, 2.75) is 18.6 Å². The Bertz CT molecular complexity index is 599. The number of ether oxygens (including phenoxy) is 1. The van der Waals surface area contributed by atoms with Gasteiger partial charge in [-0.15, -0.1) is 5.10 Å². The number of hydrogen-bond acceptors (Lipinski definition) is 6. The molecule has 1 saturated heterocycles. The zero-order valence-electron chi connectivity index (χ0n) is 10.1. The maximum absolute atomic E-state index is 12.1. The van der Waals surface area contributed by atoms with Crippen LogP contribution in [0.25, 0.3) is 5.65 Å². The molecule has 1 amide bonds. The molecule has 2 aromatic rings. The largest absolute Gasteiger partial charge is 0.391 e. The number of hydrogen-bond donors (Lipinski definition) is 2. The minimum atomic E-state index is -0.575. The highest BCUT2D eigenvalue weighted by Gasteiger charge is 2.25. The van der Waals surface area contributed by atoms with E-state index in [0.29, 0.717) is 30.8 Å². The van der Waals surface area contributed by atoms with Crippen LogP contribution in [0.2, 0.25) is 0 Å². The van der Waals surface area contributed by atoms with E-state index in [4.69, 9.17) is 4.74 Å². The molecule has 100 valence electrons. The molecular weight excluding hydrogens is 250 g/mol. The summed E-state index contributed by atoms with van der Waals surface area (Å²) in [7, 11) is 0. The maximum Gasteiger partial charge on any atom is 0.253 e. The fraction of sp³-hybridized carbons (Fsp3) is 0.455. The predicted octanol–water partition coefficient (Wildman–Crippen LogP) is -0.996. The predicted molar refractivity (Wildman–Crippen MR) is 63.5 cm³/mol. The van der Waals surface area contributed by atoms with Crippen LogP contribution in [-0.4, -0.2) is 56.4 Å². The van der Waals surface area contributed by atoms with E-state index in [0.717, 1.165) is 0 Å². The number of pyridine rings is 1. The van der Waals surface area contributed by atoms with E-state index in [1.54, 1.807) is 18.3 Å². The fourth-order valence-corrected chi connectivity index (χ4v) is 1.99. The molecule has 8 heteroatoms. The van der Waals surface area contributed by atoms with Gasteiger partial charge < -0.3 is 15.2 Å². The van der Waals surface area contributed by atoms with Crippen molar-refractivity contribution in [3.8, 4) is 0 Å². The zero-order chi connectivity index (χ0) is 13.2. The van der Waals surface area contributed by atoms with E-state index in [1.165, 1.54) is 4.52 Å². The van der Waals surface area contributed by atoms with Crippen molar-refractivity contribution in [1.82, 2.24) is 25.4 Å². The van der Waals surface area contributed by atoms with Crippen molar-refractivity contribution in [2.24, 2.45) is 0 Å². The summed E-state index contributed by atoms with van der Waals surface area (Å²) in [5.41, 5.74) is 0.996. The van der Waals surface area contributed by atoms with E-state index in [-0.39, 0.29) is 11.9 Å². The summed E-state index contributed by atoms with van der Waals surface area (Å²) < 4.78 is 6.65. The topological polar surface area (TPSA) is 102 Å². The van der Waals surface area contributed by atoms with Gasteiger partial charge in [0, 0.05) is 12.8 Å². The van der Waals surface area contributed by atoms with E-state index in [2.05, 4.69) is 20.8 Å². The molecule has 2 N–H and O–H groups in total. The van der Waals surface area contributed by atoms with Crippen LogP contribution in [0.4, 0.5) is 0 Å². The molecule has 0 bridgehead atoms. The third-order valence-corrected chi connectivity index (χ3v) is 3.09. The third kappa shape index (κ3) is 2.40. The second-order valence-corrected chi connectivity index (χ2v) is 4.41. The molecule has 1 aliphatic rings. The van der Waals surface area contributed by atoms with Gasteiger partial charge in [-0.2, -0.15) is 4.52 Å². The number of carbonyl (C=O) groups is 1. The van der Waals surface area contributed by atoms with Gasteiger partial charge in [0.15, 0.2) is 5.65 Å². The molecule has 19 heavy (non-hydrogen) atoms. The quantitative estimate of drug-likeness (QED) is 0.721. The maximum atomic E-state index is 12.1. The van der Waals surface area contributed by atoms with E-state index < -0.39 is 6.10 Å². The summed E-state index contributed by atoms with van der Waals surface area (Å²) in [5.74, 6) is -0.285. The first kappa shape index (κ1) is 12.0. The molecule has 0 aromatic carbocycles. The highest BCUT2D eigenvalue weighted by molar-refractivity contribution is 5.94. The Morgan fingerprint density at radius 2 is 2.42 bits per heavy atom. The van der Waals surface area contributed by atoms with Crippen molar-refractivity contribution in [2.75, 3.05) is 13.2 Å². The molecular formula is C11H13N5O3. The van der Waals surface area contributed by atoms with Crippen LogP contribution in [0.15, 0.2) is 18.3 Å². The minimum Gasteiger partial charge on any atom is -0.391 e. The molecule has 0 unspecified atom stereocenters. The number of nitrogens with one attached hydrogen (secondary N) is 1. The van der Waals surface area contributed by atoms with Crippen molar-refractivity contribution >= 4 is 11.6 Å². The van der Waals surface area contributed by atoms with Crippen molar-refractivity contribution in [3.05, 3.63) is 23.9 Å². The zero-order valence-corrected chi connectivity index (χ0v) is 10.1. The average molecular weight is 263 g/mol. The van der Waals surface area contributed by atoms with Gasteiger partial charge in [0.05, 0.1) is 24.3 Å². The second kappa shape index (κ2) is 4.90. The number of tetrazole rings is 1. The van der Waals surface area contributed by atoms with Gasteiger partial charge in [0.1, 0.15) is 0 Å². The van der Waals surface area contributed by atoms with Gasteiger partial charge >= 0.3 is 0 Å². The van der Waals surface area contributed by atoms with Gasteiger partial charge in [-0.05, 0) is 29.0 Å². The molecule has 8 nitrogen and oxygen atoms in total. The van der Waals surface area contributed by atoms with Crippen LogP contribution in [-0.2, 0) is 4.74 Å². The Balaban J connectivity index is 1.75. The molecule has 0 saturated carbocycles.